The third-order valence-corrected chi connectivity index (χ3v) is 6.46. The third-order valence-electron chi connectivity index (χ3n) is 6.46. The van der Waals surface area contributed by atoms with E-state index in [4.69, 9.17) is 5.73 Å². The summed E-state index contributed by atoms with van der Waals surface area (Å²) in [7, 11) is 1.86. The maximum absolute atomic E-state index is 11.2. The number of nitrogens with zero attached hydrogens (tertiary/aromatic N) is 2. The maximum Gasteiger partial charge on any atom is 0.220 e. The van der Waals surface area contributed by atoms with E-state index in [2.05, 4.69) is 34.4 Å². The minimum Gasteiger partial charge on any atom is -0.369 e. The normalized spacial score (nSPS) is 25.6. The highest BCUT2D eigenvalue weighted by atomic mass is 16.1. The number of primary amides is 1. The van der Waals surface area contributed by atoms with Gasteiger partial charge in [0.25, 0.3) is 0 Å². The minimum atomic E-state index is -0.129. The Hall–Kier alpha value is -1.30. The van der Waals surface area contributed by atoms with Crippen molar-refractivity contribution >= 4 is 11.9 Å². The molecule has 0 spiro atoms. The lowest BCUT2D eigenvalue weighted by Crippen LogP contribution is -2.45. The number of carbonyl (C=O) groups is 1. The highest BCUT2D eigenvalue weighted by Gasteiger charge is 2.24. The molecule has 6 nitrogen and oxygen atoms in total. The summed E-state index contributed by atoms with van der Waals surface area (Å²) in [6.45, 7) is 8.77. The van der Waals surface area contributed by atoms with E-state index in [1.807, 2.05) is 7.05 Å². The van der Waals surface area contributed by atoms with Crippen LogP contribution in [0.15, 0.2) is 4.99 Å². The molecule has 1 aliphatic carbocycles. The van der Waals surface area contributed by atoms with Gasteiger partial charge in [0.05, 0.1) is 0 Å². The lowest BCUT2D eigenvalue weighted by atomic mass is 9.80. The monoisotopic (exact) mass is 379 g/mol. The van der Waals surface area contributed by atoms with E-state index in [1.165, 1.54) is 32.1 Å². The molecule has 2 rings (SSSR count). The fraction of sp³-hybridized carbons (Fsp3) is 0.905. The van der Waals surface area contributed by atoms with Crippen molar-refractivity contribution in [2.75, 3.05) is 33.2 Å². The van der Waals surface area contributed by atoms with Gasteiger partial charge in [0.15, 0.2) is 5.96 Å². The fourth-order valence-electron chi connectivity index (χ4n) is 4.43. The van der Waals surface area contributed by atoms with Crippen LogP contribution in [0.3, 0.4) is 0 Å². The number of piperidine rings is 1. The van der Waals surface area contributed by atoms with Crippen LogP contribution in [0.5, 0.6) is 0 Å². The molecule has 1 saturated heterocycles. The zero-order chi connectivity index (χ0) is 19.6. The molecule has 27 heavy (non-hydrogen) atoms. The van der Waals surface area contributed by atoms with Crippen molar-refractivity contribution in [2.45, 2.75) is 71.3 Å². The van der Waals surface area contributed by atoms with Crippen LogP contribution in [0, 0.1) is 17.8 Å². The van der Waals surface area contributed by atoms with Gasteiger partial charge in [-0.15, -0.1) is 0 Å². The van der Waals surface area contributed by atoms with E-state index in [0.717, 1.165) is 63.2 Å². The summed E-state index contributed by atoms with van der Waals surface area (Å²) in [4.78, 5) is 18.1. The molecule has 2 fully saturated rings. The first-order chi connectivity index (χ1) is 13.0. The van der Waals surface area contributed by atoms with Crippen LogP contribution < -0.4 is 16.4 Å². The highest BCUT2D eigenvalue weighted by molar-refractivity contribution is 5.79. The van der Waals surface area contributed by atoms with Crippen LogP contribution in [0.2, 0.25) is 0 Å². The number of carbonyl (C=O) groups excluding carboxylic acids is 1. The van der Waals surface area contributed by atoms with Crippen LogP contribution in [0.25, 0.3) is 0 Å². The van der Waals surface area contributed by atoms with Gasteiger partial charge in [0.1, 0.15) is 0 Å². The number of amides is 1. The summed E-state index contributed by atoms with van der Waals surface area (Å²) < 4.78 is 0. The first kappa shape index (κ1) is 22.0. The molecule has 4 N–H and O–H groups in total. The number of nitrogens with one attached hydrogen (secondary N) is 2. The van der Waals surface area contributed by atoms with Crippen molar-refractivity contribution < 1.29 is 4.79 Å². The Bertz CT molecular complexity index is 463. The Kier molecular flexibility index (Phi) is 9.39. The molecule has 0 aromatic heterocycles. The van der Waals surface area contributed by atoms with E-state index in [0.29, 0.717) is 6.04 Å². The number of guanidine groups is 1. The van der Waals surface area contributed by atoms with Gasteiger partial charge in [0, 0.05) is 25.6 Å². The van der Waals surface area contributed by atoms with Crippen molar-refractivity contribution in [3.63, 3.8) is 0 Å². The topological polar surface area (TPSA) is 82.8 Å². The van der Waals surface area contributed by atoms with Gasteiger partial charge in [-0.1, -0.05) is 13.8 Å². The molecule has 0 aromatic carbocycles. The highest BCUT2D eigenvalue weighted by Crippen LogP contribution is 2.29. The molecule has 0 radical (unpaired) electrons. The average molecular weight is 380 g/mol. The maximum atomic E-state index is 11.2. The zero-order valence-electron chi connectivity index (χ0n) is 17.7. The largest absolute Gasteiger partial charge is 0.369 e. The number of nitrogens with two attached hydrogens (primary N) is 1. The first-order valence-corrected chi connectivity index (χ1v) is 11.0. The number of hydrogen-bond donors (Lipinski definition) is 3. The summed E-state index contributed by atoms with van der Waals surface area (Å²) >= 11 is 0. The summed E-state index contributed by atoms with van der Waals surface area (Å²) in [5.74, 6) is 2.62. The van der Waals surface area contributed by atoms with E-state index in [9.17, 15) is 4.79 Å². The van der Waals surface area contributed by atoms with Gasteiger partial charge >= 0.3 is 0 Å². The quantitative estimate of drug-likeness (QED) is 0.343. The number of unbranched alkanes of at least 4 members (excludes halogenated alkanes) is 1. The van der Waals surface area contributed by atoms with E-state index >= 15 is 0 Å². The van der Waals surface area contributed by atoms with Crippen molar-refractivity contribution in [3.05, 3.63) is 0 Å². The predicted octanol–water partition coefficient (Wildman–Crippen LogP) is 2.34. The van der Waals surface area contributed by atoms with E-state index in [-0.39, 0.29) is 11.8 Å². The molecule has 0 unspecified atom stereocenters. The molecule has 156 valence electrons. The van der Waals surface area contributed by atoms with Gasteiger partial charge in [0.2, 0.25) is 5.91 Å². The summed E-state index contributed by atoms with van der Waals surface area (Å²) in [5, 5.41) is 7.08. The second kappa shape index (κ2) is 11.5. The van der Waals surface area contributed by atoms with Crippen molar-refractivity contribution in [3.8, 4) is 0 Å². The molecule has 1 aliphatic heterocycles. The summed E-state index contributed by atoms with van der Waals surface area (Å²) in [6.07, 6.45) is 9.32. The summed E-state index contributed by atoms with van der Waals surface area (Å²) in [6, 6.07) is 0.567. The van der Waals surface area contributed by atoms with Crippen LogP contribution in [0.1, 0.15) is 65.2 Å². The summed E-state index contributed by atoms with van der Waals surface area (Å²) in [5.41, 5.74) is 5.40. The molecule has 1 saturated carbocycles. The van der Waals surface area contributed by atoms with Crippen molar-refractivity contribution in [2.24, 2.45) is 28.5 Å². The van der Waals surface area contributed by atoms with Gasteiger partial charge < -0.3 is 21.3 Å². The molecule has 0 bridgehead atoms. The standard InChI is InChI=1S/C21H41N5O/c1-16(2)17-6-8-19(9-7-17)25-21(23-3)24-12-4-5-13-26-14-10-18(11-15-26)20(22)27/h16-19H,4-15H2,1-3H3,(H2,22,27)(H2,23,24,25). The molecule has 0 aromatic rings. The van der Waals surface area contributed by atoms with Crippen LogP contribution >= 0.6 is 0 Å². The van der Waals surface area contributed by atoms with Crippen LogP contribution in [-0.2, 0) is 4.79 Å². The molecule has 1 amide bonds. The fourth-order valence-corrected chi connectivity index (χ4v) is 4.43. The average Bonchev–Trinajstić information content (AvgIpc) is 2.67. The van der Waals surface area contributed by atoms with Gasteiger partial charge in [-0.05, 0) is 82.8 Å². The molecule has 1 heterocycles. The number of hydrogen-bond acceptors (Lipinski definition) is 3. The van der Waals surface area contributed by atoms with Crippen molar-refractivity contribution in [1.29, 1.82) is 0 Å². The Labute approximate surface area is 165 Å². The second-order valence-corrected chi connectivity index (χ2v) is 8.72. The predicted molar refractivity (Wildman–Crippen MR) is 113 cm³/mol. The lowest BCUT2D eigenvalue weighted by Gasteiger charge is -2.32. The Balaban J connectivity index is 1.53. The molecular weight excluding hydrogens is 338 g/mol. The molecule has 6 heteroatoms. The zero-order valence-corrected chi connectivity index (χ0v) is 17.7. The lowest BCUT2D eigenvalue weighted by molar-refractivity contribution is -0.123. The molecule has 2 aliphatic rings. The molecule has 0 atom stereocenters. The van der Waals surface area contributed by atoms with Crippen molar-refractivity contribution in [1.82, 2.24) is 15.5 Å². The smallest absolute Gasteiger partial charge is 0.220 e. The Morgan fingerprint density at radius 3 is 2.33 bits per heavy atom. The van der Waals surface area contributed by atoms with E-state index < -0.39 is 0 Å². The van der Waals surface area contributed by atoms with Gasteiger partial charge in [-0.3, -0.25) is 9.79 Å². The number of aliphatic imine (C=N–C) groups is 1. The number of likely N-dealkylation sites (tertiary alicyclic amines) is 1. The first-order valence-electron chi connectivity index (χ1n) is 11.0. The number of rotatable bonds is 8. The second-order valence-electron chi connectivity index (χ2n) is 8.72. The Morgan fingerprint density at radius 1 is 1.11 bits per heavy atom. The van der Waals surface area contributed by atoms with Gasteiger partial charge in [-0.25, -0.2) is 0 Å². The Morgan fingerprint density at radius 2 is 1.78 bits per heavy atom. The SMILES string of the molecule is CN=C(NCCCCN1CCC(C(N)=O)CC1)NC1CCC(C(C)C)CC1. The minimum absolute atomic E-state index is 0.0907. The van der Waals surface area contributed by atoms with E-state index in [1.54, 1.807) is 0 Å². The third kappa shape index (κ3) is 7.68. The molecular formula is C21H41N5O. The van der Waals surface area contributed by atoms with Crippen LogP contribution in [-0.4, -0.2) is 56.0 Å². The van der Waals surface area contributed by atoms with Crippen LogP contribution in [0.4, 0.5) is 0 Å². The van der Waals surface area contributed by atoms with Gasteiger partial charge in [-0.2, -0.15) is 0 Å².